The fraction of sp³-hybridized carbons (Fsp3) is 0.467. The number of phenolic OH excluding ortho intramolecular Hbond substituents is 1. The number of thioether (sulfide) groups is 1. The van der Waals surface area contributed by atoms with Gasteiger partial charge in [0.2, 0.25) is 11.8 Å². The SMILES string of the molecule is CCCOC(=O)c1ccc(O)c(CN[C@H](C(=O)N[C@@H](Cc2ccccc2)C(=O)N[C@@H](CCSC)C(=O)O)C(C)C)c1. The van der Waals surface area contributed by atoms with Gasteiger partial charge in [-0.1, -0.05) is 51.1 Å². The number of rotatable bonds is 17. The van der Waals surface area contributed by atoms with Gasteiger partial charge in [0.05, 0.1) is 18.2 Å². The van der Waals surface area contributed by atoms with E-state index in [0.29, 0.717) is 17.7 Å². The second kappa shape index (κ2) is 17.3. The molecule has 2 aromatic carbocycles. The second-order valence-corrected chi connectivity index (χ2v) is 11.0. The lowest BCUT2D eigenvalue weighted by atomic mass is 10.00. The Kier molecular flexibility index (Phi) is 14.2. The van der Waals surface area contributed by atoms with Crippen molar-refractivity contribution in [2.45, 2.75) is 64.7 Å². The third kappa shape index (κ3) is 11.1. The summed E-state index contributed by atoms with van der Waals surface area (Å²) in [5.41, 5.74) is 1.49. The fourth-order valence-electron chi connectivity index (χ4n) is 4.07. The molecular formula is C30H41N3O7S. The Labute approximate surface area is 245 Å². The van der Waals surface area contributed by atoms with Gasteiger partial charge in [-0.3, -0.25) is 9.59 Å². The maximum absolute atomic E-state index is 13.5. The van der Waals surface area contributed by atoms with Crippen LogP contribution >= 0.6 is 11.8 Å². The van der Waals surface area contributed by atoms with E-state index < -0.39 is 41.9 Å². The van der Waals surface area contributed by atoms with Crippen molar-refractivity contribution in [1.82, 2.24) is 16.0 Å². The van der Waals surface area contributed by atoms with Gasteiger partial charge in [-0.05, 0) is 54.5 Å². The van der Waals surface area contributed by atoms with Crippen molar-refractivity contribution in [2.75, 3.05) is 18.6 Å². The van der Waals surface area contributed by atoms with E-state index in [1.165, 1.54) is 30.0 Å². The van der Waals surface area contributed by atoms with Crippen molar-refractivity contribution in [3.63, 3.8) is 0 Å². The summed E-state index contributed by atoms with van der Waals surface area (Å²) < 4.78 is 5.17. The first kappa shape index (κ1) is 33.6. The average molecular weight is 588 g/mol. The Balaban J connectivity index is 2.20. The van der Waals surface area contributed by atoms with Crippen LogP contribution in [0.25, 0.3) is 0 Å². The second-order valence-electron chi connectivity index (χ2n) is 10.0. The number of amides is 2. The van der Waals surface area contributed by atoms with Crippen LogP contribution in [0.4, 0.5) is 0 Å². The first-order chi connectivity index (χ1) is 19.6. The largest absolute Gasteiger partial charge is 0.508 e. The smallest absolute Gasteiger partial charge is 0.338 e. The van der Waals surface area contributed by atoms with Gasteiger partial charge in [0.1, 0.15) is 17.8 Å². The zero-order chi connectivity index (χ0) is 30.4. The molecule has 0 aliphatic carbocycles. The van der Waals surface area contributed by atoms with Crippen LogP contribution in [0.5, 0.6) is 5.75 Å². The molecule has 0 saturated heterocycles. The quantitative estimate of drug-likeness (QED) is 0.176. The van der Waals surface area contributed by atoms with Crippen LogP contribution in [0, 0.1) is 5.92 Å². The van der Waals surface area contributed by atoms with Crippen LogP contribution in [0.2, 0.25) is 0 Å². The highest BCUT2D eigenvalue weighted by molar-refractivity contribution is 7.98. The maximum Gasteiger partial charge on any atom is 0.338 e. The molecule has 3 atom stereocenters. The predicted octanol–water partition coefficient (Wildman–Crippen LogP) is 3.12. The van der Waals surface area contributed by atoms with Crippen molar-refractivity contribution in [2.24, 2.45) is 5.92 Å². The number of carbonyl (C=O) groups is 4. The summed E-state index contributed by atoms with van der Waals surface area (Å²) in [6.45, 7) is 5.92. The molecule has 224 valence electrons. The van der Waals surface area contributed by atoms with E-state index in [1.54, 1.807) is 0 Å². The molecule has 2 rings (SSSR count). The molecule has 5 N–H and O–H groups in total. The minimum Gasteiger partial charge on any atom is -0.508 e. The molecule has 0 fully saturated rings. The van der Waals surface area contributed by atoms with Crippen molar-refractivity contribution in [3.05, 3.63) is 65.2 Å². The Bertz CT molecular complexity index is 1160. The average Bonchev–Trinajstić information content (AvgIpc) is 2.94. The molecule has 0 saturated carbocycles. The minimum atomic E-state index is -1.14. The third-order valence-corrected chi connectivity index (χ3v) is 7.00. The first-order valence-corrected chi connectivity index (χ1v) is 15.1. The number of carboxylic acids is 1. The van der Waals surface area contributed by atoms with E-state index in [4.69, 9.17) is 4.74 Å². The highest BCUT2D eigenvalue weighted by Crippen LogP contribution is 2.20. The molecule has 0 aliphatic heterocycles. The monoisotopic (exact) mass is 587 g/mol. The van der Waals surface area contributed by atoms with Crippen molar-refractivity contribution < 1.29 is 34.1 Å². The predicted molar refractivity (Wildman–Crippen MR) is 159 cm³/mol. The summed E-state index contributed by atoms with van der Waals surface area (Å²) in [5, 5.41) is 28.5. The van der Waals surface area contributed by atoms with E-state index in [9.17, 15) is 29.4 Å². The Morgan fingerprint density at radius 3 is 2.27 bits per heavy atom. The van der Waals surface area contributed by atoms with Crippen LogP contribution in [0.3, 0.4) is 0 Å². The molecule has 0 radical (unpaired) electrons. The number of carboxylic acid groups (broad SMARTS) is 1. The van der Waals surface area contributed by atoms with E-state index in [-0.39, 0.29) is 43.2 Å². The number of aromatic hydroxyl groups is 1. The molecule has 0 unspecified atom stereocenters. The lowest BCUT2D eigenvalue weighted by Gasteiger charge is -2.26. The van der Waals surface area contributed by atoms with Crippen LogP contribution < -0.4 is 16.0 Å². The molecular weight excluding hydrogens is 546 g/mol. The number of ether oxygens (including phenoxy) is 1. The van der Waals surface area contributed by atoms with E-state index >= 15 is 0 Å². The molecule has 2 amide bonds. The summed E-state index contributed by atoms with van der Waals surface area (Å²) in [6.07, 6.45) is 2.95. The molecule has 2 aromatic rings. The number of benzene rings is 2. The number of carbonyl (C=O) groups excluding carboxylic acids is 3. The number of nitrogens with one attached hydrogen (secondary N) is 3. The molecule has 11 heteroatoms. The fourth-order valence-corrected chi connectivity index (χ4v) is 4.54. The van der Waals surface area contributed by atoms with Crippen LogP contribution in [-0.4, -0.2) is 70.7 Å². The van der Waals surface area contributed by atoms with E-state index in [1.807, 2.05) is 57.4 Å². The molecule has 0 spiro atoms. The van der Waals surface area contributed by atoms with Crippen molar-refractivity contribution in [1.29, 1.82) is 0 Å². The number of hydrogen-bond acceptors (Lipinski definition) is 8. The van der Waals surface area contributed by atoms with Crippen LogP contribution in [-0.2, 0) is 32.1 Å². The van der Waals surface area contributed by atoms with Gasteiger partial charge in [0, 0.05) is 18.5 Å². The zero-order valence-corrected chi connectivity index (χ0v) is 24.8. The summed E-state index contributed by atoms with van der Waals surface area (Å²) in [4.78, 5) is 50.7. The van der Waals surface area contributed by atoms with Gasteiger partial charge in [0.15, 0.2) is 0 Å². The molecule has 41 heavy (non-hydrogen) atoms. The lowest BCUT2D eigenvalue weighted by Crippen LogP contribution is -2.56. The highest BCUT2D eigenvalue weighted by Gasteiger charge is 2.30. The summed E-state index contributed by atoms with van der Waals surface area (Å²) in [7, 11) is 0. The van der Waals surface area contributed by atoms with Crippen LogP contribution in [0.15, 0.2) is 48.5 Å². The number of phenols is 1. The number of hydrogen-bond donors (Lipinski definition) is 5. The van der Waals surface area contributed by atoms with Crippen molar-refractivity contribution >= 4 is 35.5 Å². The number of esters is 1. The molecule has 0 bridgehead atoms. The Hall–Kier alpha value is -3.57. The summed E-state index contributed by atoms with van der Waals surface area (Å²) >= 11 is 1.48. The third-order valence-electron chi connectivity index (χ3n) is 6.35. The maximum atomic E-state index is 13.5. The zero-order valence-electron chi connectivity index (χ0n) is 24.0. The van der Waals surface area contributed by atoms with Gasteiger partial charge < -0.3 is 30.9 Å². The van der Waals surface area contributed by atoms with Gasteiger partial charge in [-0.15, -0.1) is 0 Å². The Morgan fingerprint density at radius 2 is 1.66 bits per heavy atom. The summed E-state index contributed by atoms with van der Waals surface area (Å²) in [6, 6.07) is 10.7. The van der Waals surface area contributed by atoms with E-state index in [2.05, 4.69) is 16.0 Å². The van der Waals surface area contributed by atoms with Gasteiger partial charge >= 0.3 is 11.9 Å². The van der Waals surface area contributed by atoms with Crippen molar-refractivity contribution in [3.8, 4) is 5.75 Å². The lowest BCUT2D eigenvalue weighted by molar-refractivity contribution is -0.142. The summed E-state index contributed by atoms with van der Waals surface area (Å²) in [5.74, 6) is -2.38. The molecule has 0 aromatic heterocycles. The van der Waals surface area contributed by atoms with Gasteiger partial charge in [0.25, 0.3) is 0 Å². The molecule has 0 aliphatic rings. The van der Waals surface area contributed by atoms with Gasteiger partial charge in [-0.25, -0.2) is 9.59 Å². The van der Waals surface area contributed by atoms with Gasteiger partial charge in [-0.2, -0.15) is 11.8 Å². The minimum absolute atomic E-state index is 0.0428. The first-order valence-electron chi connectivity index (χ1n) is 13.7. The molecule has 0 heterocycles. The Morgan fingerprint density at radius 1 is 0.976 bits per heavy atom. The van der Waals surface area contributed by atoms with Crippen LogP contribution in [0.1, 0.15) is 55.1 Å². The molecule has 10 nitrogen and oxygen atoms in total. The topological polar surface area (TPSA) is 154 Å². The van der Waals surface area contributed by atoms with E-state index in [0.717, 1.165) is 5.56 Å². The highest BCUT2D eigenvalue weighted by atomic mass is 32.2. The normalized spacial score (nSPS) is 13.2. The number of aliphatic carboxylic acids is 1. The standard InChI is InChI=1S/C30H41N3O7S/c1-5-14-40-30(39)21-11-12-25(34)22(17-21)18-31-26(19(2)3)28(36)33-24(16-20-9-7-6-8-10-20)27(35)32-23(29(37)38)13-15-41-4/h6-12,17,19,23-24,26,31,34H,5,13-16,18H2,1-4H3,(H,32,35)(H,33,36)(H,37,38)/t23-,24-,26-/m0/s1.